The van der Waals surface area contributed by atoms with Crippen LogP contribution in [0.5, 0.6) is 5.75 Å². The number of nitrogens with two attached hydrogens (primary N) is 1. The van der Waals surface area contributed by atoms with Crippen molar-refractivity contribution in [3.05, 3.63) is 75.4 Å². The first-order valence-electron chi connectivity index (χ1n) is 12.5. The number of aromatic nitrogens is 2. The van der Waals surface area contributed by atoms with E-state index in [2.05, 4.69) is 15.5 Å². The predicted octanol–water partition coefficient (Wildman–Crippen LogP) is 4.80. The molecule has 1 heterocycles. The standard InChI is InChI=1S/C27H30Cl2N4O4/c28-21-11-6-18(15-22(21)29)12-14-36-20-9-4-17(5-10-20)16-24-32-26(33-37-24)25(34)23(3-1-2-13-30)31-27(35)19-7-8-19/h4-6,9-11,15,19,23H,1-3,7-8,12-14,16,30H2,(H,31,35)/t23-/m0/s1. The van der Waals surface area contributed by atoms with Gasteiger partial charge in [0.25, 0.3) is 0 Å². The lowest BCUT2D eigenvalue weighted by molar-refractivity contribution is -0.122. The number of unbranched alkanes of at least 4 members (excludes halogenated alkanes) is 1. The third-order valence-corrected chi connectivity index (χ3v) is 6.88. The molecule has 1 aliphatic carbocycles. The molecule has 2 aromatic carbocycles. The molecule has 37 heavy (non-hydrogen) atoms. The third kappa shape index (κ3) is 8.02. The van der Waals surface area contributed by atoms with Crippen molar-refractivity contribution < 1.29 is 18.8 Å². The van der Waals surface area contributed by atoms with Crippen molar-refractivity contribution in [2.45, 2.75) is 51.0 Å². The number of carbonyl (C=O) groups excluding carboxylic acids is 2. The van der Waals surface area contributed by atoms with Gasteiger partial charge in [-0.05, 0) is 74.0 Å². The third-order valence-electron chi connectivity index (χ3n) is 6.14. The molecule has 4 rings (SSSR count). The maximum Gasteiger partial charge on any atom is 0.240 e. The number of rotatable bonds is 14. The number of nitrogens with zero attached hydrogens (tertiary/aromatic N) is 2. The highest BCUT2D eigenvalue weighted by Gasteiger charge is 2.33. The van der Waals surface area contributed by atoms with Crippen molar-refractivity contribution >= 4 is 34.9 Å². The summed E-state index contributed by atoms with van der Waals surface area (Å²) in [7, 11) is 0. The number of ether oxygens (including phenoxy) is 1. The molecule has 3 N–H and O–H groups in total. The van der Waals surface area contributed by atoms with E-state index in [1.54, 1.807) is 6.07 Å². The number of nitrogens with one attached hydrogen (secondary N) is 1. The number of hydrogen-bond acceptors (Lipinski definition) is 7. The van der Waals surface area contributed by atoms with Gasteiger partial charge in [-0.2, -0.15) is 4.98 Å². The van der Waals surface area contributed by atoms with E-state index in [9.17, 15) is 9.59 Å². The predicted molar refractivity (Wildman–Crippen MR) is 141 cm³/mol. The summed E-state index contributed by atoms with van der Waals surface area (Å²) in [5, 5.41) is 7.79. The van der Waals surface area contributed by atoms with Gasteiger partial charge in [-0.15, -0.1) is 0 Å². The molecule has 1 amide bonds. The zero-order valence-electron chi connectivity index (χ0n) is 20.4. The molecule has 0 aliphatic heterocycles. The lowest BCUT2D eigenvalue weighted by Gasteiger charge is -2.15. The van der Waals surface area contributed by atoms with E-state index in [1.165, 1.54) is 0 Å². The van der Waals surface area contributed by atoms with Gasteiger partial charge in [0, 0.05) is 12.3 Å². The topological polar surface area (TPSA) is 120 Å². The van der Waals surface area contributed by atoms with Crippen LogP contribution >= 0.6 is 23.2 Å². The van der Waals surface area contributed by atoms with Crippen molar-refractivity contribution in [3.63, 3.8) is 0 Å². The first-order valence-corrected chi connectivity index (χ1v) is 13.2. The molecule has 0 unspecified atom stereocenters. The maximum atomic E-state index is 13.0. The number of amides is 1. The van der Waals surface area contributed by atoms with Crippen molar-refractivity contribution in [1.82, 2.24) is 15.5 Å². The summed E-state index contributed by atoms with van der Waals surface area (Å²) >= 11 is 12.0. The number of ketones is 1. The Morgan fingerprint density at radius 2 is 1.84 bits per heavy atom. The fraction of sp³-hybridized carbons (Fsp3) is 0.407. The van der Waals surface area contributed by atoms with E-state index >= 15 is 0 Å². The summed E-state index contributed by atoms with van der Waals surface area (Å²) in [6.45, 7) is 1.03. The maximum absolute atomic E-state index is 13.0. The van der Waals surface area contributed by atoms with Crippen molar-refractivity contribution in [1.29, 1.82) is 0 Å². The van der Waals surface area contributed by atoms with Crippen LogP contribution < -0.4 is 15.8 Å². The second-order valence-electron chi connectivity index (χ2n) is 9.16. The van der Waals surface area contributed by atoms with Crippen LogP contribution in [0, 0.1) is 5.92 Å². The zero-order valence-corrected chi connectivity index (χ0v) is 21.9. The Bertz CT molecular complexity index is 1210. The average molecular weight is 545 g/mol. The molecule has 3 aromatic rings. The molecule has 0 radical (unpaired) electrons. The number of hydrogen-bond donors (Lipinski definition) is 2. The molecule has 1 saturated carbocycles. The van der Waals surface area contributed by atoms with E-state index in [4.69, 9.17) is 38.2 Å². The van der Waals surface area contributed by atoms with Crippen LogP contribution in [0.3, 0.4) is 0 Å². The minimum absolute atomic E-state index is 0.00789. The second kappa shape index (κ2) is 13.0. The molecular weight excluding hydrogens is 515 g/mol. The SMILES string of the molecule is NCCCC[C@H](NC(=O)C1CC1)C(=O)c1noc(Cc2ccc(OCCc3ccc(Cl)c(Cl)c3)cc2)n1. The van der Waals surface area contributed by atoms with Gasteiger partial charge in [-0.25, -0.2) is 0 Å². The van der Waals surface area contributed by atoms with E-state index in [0.717, 1.165) is 42.6 Å². The minimum atomic E-state index is -0.676. The lowest BCUT2D eigenvalue weighted by atomic mass is 10.0. The molecule has 0 saturated heterocycles. The van der Waals surface area contributed by atoms with E-state index in [0.29, 0.717) is 48.4 Å². The Hall–Kier alpha value is -2.94. The Morgan fingerprint density at radius 3 is 2.54 bits per heavy atom. The average Bonchev–Trinajstić information content (AvgIpc) is 3.65. The molecule has 0 bridgehead atoms. The van der Waals surface area contributed by atoms with Crippen LogP contribution in [0.2, 0.25) is 10.0 Å². The number of carbonyl (C=O) groups is 2. The van der Waals surface area contributed by atoms with Gasteiger partial charge in [-0.1, -0.05) is 46.6 Å². The summed E-state index contributed by atoms with van der Waals surface area (Å²) in [4.78, 5) is 29.5. The molecular formula is C27H30Cl2N4O4. The van der Waals surface area contributed by atoms with Crippen LogP contribution in [-0.4, -0.2) is 41.0 Å². The minimum Gasteiger partial charge on any atom is -0.493 e. The molecule has 0 spiro atoms. The largest absolute Gasteiger partial charge is 0.493 e. The van der Waals surface area contributed by atoms with Gasteiger partial charge >= 0.3 is 0 Å². The van der Waals surface area contributed by atoms with Gasteiger partial charge in [0.2, 0.25) is 23.4 Å². The summed E-state index contributed by atoms with van der Waals surface area (Å²) in [6, 6.07) is 12.4. The summed E-state index contributed by atoms with van der Waals surface area (Å²) in [5.41, 5.74) is 7.55. The number of halogens is 2. The quantitative estimate of drug-likeness (QED) is 0.221. The Kier molecular flexibility index (Phi) is 9.55. The summed E-state index contributed by atoms with van der Waals surface area (Å²) in [5.74, 6) is 0.614. The van der Waals surface area contributed by atoms with Gasteiger partial charge in [-0.3, -0.25) is 9.59 Å². The molecule has 1 fully saturated rings. The highest BCUT2D eigenvalue weighted by molar-refractivity contribution is 6.42. The van der Waals surface area contributed by atoms with Crippen molar-refractivity contribution in [2.75, 3.05) is 13.2 Å². The first kappa shape index (κ1) is 27.1. The van der Waals surface area contributed by atoms with Gasteiger partial charge in [0.1, 0.15) is 5.75 Å². The smallest absolute Gasteiger partial charge is 0.240 e. The fourth-order valence-electron chi connectivity index (χ4n) is 3.84. The summed E-state index contributed by atoms with van der Waals surface area (Å²) in [6.07, 6.45) is 4.79. The summed E-state index contributed by atoms with van der Waals surface area (Å²) < 4.78 is 11.2. The number of benzene rings is 2. The molecule has 8 nitrogen and oxygen atoms in total. The Labute approximate surface area is 225 Å². The first-order chi connectivity index (χ1) is 17.9. The molecule has 10 heteroatoms. The van der Waals surface area contributed by atoms with Crippen LogP contribution in [0.4, 0.5) is 0 Å². The van der Waals surface area contributed by atoms with E-state index in [1.807, 2.05) is 36.4 Å². The van der Waals surface area contributed by atoms with Crippen LogP contribution in [0.1, 0.15) is 59.7 Å². The molecule has 1 aromatic heterocycles. The van der Waals surface area contributed by atoms with Crippen LogP contribution in [-0.2, 0) is 17.6 Å². The second-order valence-corrected chi connectivity index (χ2v) is 9.98. The normalized spacial score (nSPS) is 13.8. The molecule has 1 atom stereocenters. The molecule has 196 valence electrons. The Balaban J connectivity index is 1.29. The number of Topliss-reactive ketones (excluding diaryl/α,β-unsaturated/α-hetero) is 1. The lowest BCUT2D eigenvalue weighted by Crippen LogP contribution is -2.42. The highest BCUT2D eigenvalue weighted by atomic mass is 35.5. The molecule has 1 aliphatic rings. The van der Waals surface area contributed by atoms with Crippen LogP contribution in [0.25, 0.3) is 0 Å². The van der Waals surface area contributed by atoms with Crippen LogP contribution in [0.15, 0.2) is 47.0 Å². The zero-order chi connectivity index (χ0) is 26.2. The van der Waals surface area contributed by atoms with Crippen molar-refractivity contribution in [2.24, 2.45) is 11.7 Å². The van der Waals surface area contributed by atoms with E-state index < -0.39 is 6.04 Å². The monoisotopic (exact) mass is 544 g/mol. The van der Waals surface area contributed by atoms with E-state index in [-0.39, 0.29) is 23.4 Å². The van der Waals surface area contributed by atoms with Gasteiger partial charge in [0.05, 0.1) is 29.1 Å². The highest BCUT2D eigenvalue weighted by Crippen LogP contribution is 2.29. The Morgan fingerprint density at radius 1 is 1.08 bits per heavy atom. The fourth-order valence-corrected chi connectivity index (χ4v) is 4.16. The van der Waals surface area contributed by atoms with Gasteiger partial charge in [0.15, 0.2) is 0 Å². The van der Waals surface area contributed by atoms with Crippen molar-refractivity contribution in [3.8, 4) is 5.75 Å². The van der Waals surface area contributed by atoms with Gasteiger partial charge < -0.3 is 20.3 Å².